The normalized spacial score (nSPS) is 10.5. The Labute approximate surface area is 154 Å². The number of carbonyl (C=O) groups is 1. The fourth-order valence-corrected chi connectivity index (χ4v) is 3.85. The quantitative estimate of drug-likeness (QED) is 0.567. The smallest absolute Gasteiger partial charge is 0.307 e. The van der Waals surface area contributed by atoms with Gasteiger partial charge in [0.25, 0.3) is 0 Å². The molecule has 0 amide bonds. The first-order chi connectivity index (χ1) is 11.6. The topological polar surface area (TPSA) is 75.2 Å². The van der Waals surface area contributed by atoms with Gasteiger partial charge < -0.3 is 9.84 Å². The number of ether oxygens (including phenoxy) is 1. The molecular formula is C17H11IN2O3S. The zero-order valence-corrected chi connectivity index (χ0v) is 15.2. The van der Waals surface area contributed by atoms with E-state index in [4.69, 9.17) is 10.00 Å². The number of aliphatic carboxylic acids is 1. The van der Waals surface area contributed by atoms with Crippen LogP contribution in [0.2, 0.25) is 0 Å². The zero-order valence-electron chi connectivity index (χ0n) is 12.3. The molecule has 0 radical (unpaired) electrons. The van der Waals surface area contributed by atoms with Crippen molar-refractivity contribution in [2.75, 3.05) is 0 Å². The Kier molecular flexibility index (Phi) is 4.97. The molecule has 0 saturated carbocycles. The molecule has 0 spiro atoms. The summed E-state index contributed by atoms with van der Waals surface area (Å²) in [6.45, 7) is 0. The van der Waals surface area contributed by atoms with Crippen LogP contribution in [0.25, 0.3) is 10.9 Å². The first-order valence-corrected chi connectivity index (χ1v) is 10.3. The van der Waals surface area contributed by atoms with Crippen LogP contribution in [0.5, 0.6) is 11.5 Å². The van der Waals surface area contributed by atoms with Crippen molar-refractivity contribution < 1.29 is 14.6 Å². The van der Waals surface area contributed by atoms with Crippen LogP contribution < -0.4 is 4.74 Å². The molecule has 0 fully saturated rings. The van der Waals surface area contributed by atoms with Crippen LogP contribution in [0, 0.1) is 11.3 Å². The van der Waals surface area contributed by atoms with E-state index in [-0.39, 0.29) is 6.42 Å². The number of carboxylic acids is 1. The molecule has 3 aromatic rings. The summed E-state index contributed by atoms with van der Waals surface area (Å²) in [6, 6.07) is 14.4. The second kappa shape index (κ2) is 7.15. The first kappa shape index (κ1) is 16.7. The number of nitriles is 1. The molecule has 1 N–H and O–H groups in total. The van der Waals surface area contributed by atoms with Gasteiger partial charge in [0.2, 0.25) is 0 Å². The van der Waals surface area contributed by atoms with Crippen molar-refractivity contribution >= 4 is 47.2 Å². The van der Waals surface area contributed by atoms with Gasteiger partial charge in [0.05, 0.1) is 23.6 Å². The van der Waals surface area contributed by atoms with Crippen molar-refractivity contribution in [3.8, 4) is 17.6 Å². The fraction of sp³-hybridized carbons (Fsp3) is 0.0588. The maximum absolute atomic E-state index is 11.3. The van der Waals surface area contributed by atoms with Gasteiger partial charge >= 0.3 is 5.97 Å². The lowest BCUT2D eigenvalue weighted by atomic mass is 10.1. The molecule has 2 aromatic carbocycles. The minimum Gasteiger partial charge on any atom is -0.481 e. The molecule has 0 aliphatic carbocycles. The van der Waals surface area contributed by atoms with Crippen LogP contribution in [0.3, 0.4) is 0 Å². The minimum atomic E-state index is -0.923. The van der Waals surface area contributed by atoms with Crippen molar-refractivity contribution in [1.82, 2.24) is 3.97 Å². The Morgan fingerprint density at radius 1 is 1.33 bits per heavy atom. The average molecular weight is 450 g/mol. The monoisotopic (exact) mass is 450 g/mol. The highest BCUT2D eigenvalue weighted by Gasteiger charge is 2.15. The molecule has 0 bridgehead atoms. The summed E-state index contributed by atoms with van der Waals surface area (Å²) >= 11 is 2.17. The summed E-state index contributed by atoms with van der Waals surface area (Å²) < 4.78 is 7.83. The van der Waals surface area contributed by atoms with Crippen molar-refractivity contribution in [3.63, 3.8) is 0 Å². The van der Waals surface area contributed by atoms with Gasteiger partial charge in [-0.15, -0.1) is 0 Å². The maximum atomic E-state index is 11.3. The van der Waals surface area contributed by atoms with Gasteiger partial charge in [0, 0.05) is 47.5 Å². The lowest BCUT2D eigenvalue weighted by molar-refractivity contribution is -0.136. The van der Waals surface area contributed by atoms with Gasteiger partial charge in [0.1, 0.15) is 11.5 Å². The van der Waals surface area contributed by atoms with E-state index in [1.807, 2.05) is 22.3 Å². The Bertz CT molecular complexity index is 962. The number of carboxylic acid groups (broad SMARTS) is 1. The van der Waals surface area contributed by atoms with E-state index in [9.17, 15) is 9.90 Å². The third-order valence-corrected chi connectivity index (χ3v) is 5.24. The number of hydrogen-bond donors (Lipinski definition) is 1. The summed E-state index contributed by atoms with van der Waals surface area (Å²) in [6.07, 6.45) is 1.76. The van der Waals surface area contributed by atoms with Crippen LogP contribution in [0.4, 0.5) is 0 Å². The second-order valence-electron chi connectivity index (χ2n) is 5.00. The number of nitrogens with zero attached hydrogens (tertiary/aromatic N) is 2. The van der Waals surface area contributed by atoms with E-state index in [0.717, 1.165) is 10.9 Å². The van der Waals surface area contributed by atoms with E-state index >= 15 is 0 Å². The van der Waals surface area contributed by atoms with Gasteiger partial charge in [-0.3, -0.25) is 8.77 Å². The highest BCUT2D eigenvalue weighted by molar-refractivity contribution is 14.2. The van der Waals surface area contributed by atoms with E-state index in [2.05, 4.69) is 27.3 Å². The molecule has 0 saturated heterocycles. The summed E-state index contributed by atoms with van der Waals surface area (Å²) in [5.41, 5.74) is 2.04. The van der Waals surface area contributed by atoms with Crippen LogP contribution in [-0.2, 0) is 11.2 Å². The molecule has 0 aliphatic rings. The lowest BCUT2D eigenvalue weighted by Gasteiger charge is -2.12. The minimum absolute atomic E-state index is 0.138. The molecule has 24 heavy (non-hydrogen) atoms. The van der Waals surface area contributed by atoms with E-state index < -0.39 is 5.97 Å². The zero-order chi connectivity index (χ0) is 17.1. The molecule has 5 nitrogen and oxygen atoms in total. The summed E-state index contributed by atoms with van der Waals surface area (Å²) in [7, 11) is 1.51. The number of fused-ring (bicyclic) bond motifs is 1. The van der Waals surface area contributed by atoms with Gasteiger partial charge in [-0.2, -0.15) is 5.26 Å². The maximum Gasteiger partial charge on any atom is 0.307 e. The van der Waals surface area contributed by atoms with Crippen LogP contribution >= 0.6 is 30.3 Å². The number of benzene rings is 2. The van der Waals surface area contributed by atoms with E-state index in [1.165, 1.54) is 9.12 Å². The summed E-state index contributed by atoms with van der Waals surface area (Å²) in [5.74, 6) is 0.0620. The van der Waals surface area contributed by atoms with E-state index in [0.29, 0.717) is 22.6 Å². The SMILES string of the molecule is N#Cc1cccc(Oc2ccc3c(ccn3SI)c2CC(=O)O)c1. The molecule has 1 heterocycles. The van der Waals surface area contributed by atoms with Crippen LogP contribution in [0.15, 0.2) is 48.7 Å². The summed E-state index contributed by atoms with van der Waals surface area (Å²) in [4.78, 5) is 11.3. The molecule has 120 valence electrons. The fourth-order valence-electron chi connectivity index (χ4n) is 2.48. The van der Waals surface area contributed by atoms with Crippen molar-refractivity contribution in [2.45, 2.75) is 6.42 Å². The Morgan fingerprint density at radius 3 is 2.88 bits per heavy atom. The van der Waals surface area contributed by atoms with Crippen LogP contribution in [-0.4, -0.2) is 15.0 Å². The molecule has 0 atom stereocenters. The highest BCUT2D eigenvalue weighted by atomic mass is 127. The molecule has 1 aromatic heterocycles. The van der Waals surface area contributed by atoms with Gasteiger partial charge in [-0.05, 0) is 36.4 Å². The predicted octanol–water partition coefficient (Wildman–Crippen LogP) is 4.78. The van der Waals surface area contributed by atoms with Crippen molar-refractivity contribution in [1.29, 1.82) is 5.26 Å². The largest absolute Gasteiger partial charge is 0.481 e. The molecule has 0 unspecified atom stereocenters. The third kappa shape index (κ3) is 3.34. The number of halogens is 1. The van der Waals surface area contributed by atoms with E-state index in [1.54, 1.807) is 30.3 Å². The Hall–Kier alpha value is -2.18. The number of aromatic nitrogens is 1. The number of rotatable bonds is 5. The highest BCUT2D eigenvalue weighted by Crippen LogP contribution is 2.35. The molecule has 7 heteroatoms. The Morgan fingerprint density at radius 2 is 2.17 bits per heavy atom. The lowest BCUT2D eigenvalue weighted by Crippen LogP contribution is -2.03. The second-order valence-corrected chi connectivity index (χ2v) is 6.71. The molecule has 0 aliphatic heterocycles. The van der Waals surface area contributed by atoms with Crippen molar-refractivity contribution in [2.24, 2.45) is 0 Å². The van der Waals surface area contributed by atoms with Crippen LogP contribution in [0.1, 0.15) is 11.1 Å². The van der Waals surface area contributed by atoms with Gasteiger partial charge in [0.15, 0.2) is 0 Å². The van der Waals surface area contributed by atoms with Gasteiger partial charge in [-0.25, -0.2) is 0 Å². The van der Waals surface area contributed by atoms with Crippen molar-refractivity contribution in [3.05, 3.63) is 59.8 Å². The predicted molar refractivity (Wildman–Crippen MR) is 102 cm³/mol. The standard InChI is InChI=1S/C17H11IN2O3S/c18-24-20-7-6-13-14(9-17(21)22)16(5-4-15(13)20)23-12-3-1-2-11(8-12)10-19/h1-8H,9H2,(H,21,22). The molecular weight excluding hydrogens is 439 g/mol. The summed E-state index contributed by atoms with van der Waals surface area (Å²) in [5, 5.41) is 19.1. The number of hydrogen-bond acceptors (Lipinski definition) is 4. The third-order valence-electron chi connectivity index (χ3n) is 3.50. The van der Waals surface area contributed by atoms with Gasteiger partial charge in [-0.1, -0.05) is 6.07 Å². The first-order valence-electron chi connectivity index (χ1n) is 6.94. The molecule has 3 rings (SSSR count). The average Bonchev–Trinajstić information content (AvgIpc) is 3.00. The Balaban J connectivity index is 2.09.